The third kappa shape index (κ3) is 4.69. The summed E-state index contributed by atoms with van der Waals surface area (Å²) in [5.41, 5.74) is 0. The van der Waals surface area contributed by atoms with Gasteiger partial charge >= 0.3 is 5.97 Å². The highest BCUT2D eigenvalue weighted by Crippen LogP contribution is 2.28. The number of carbonyl (C=O) groups excluding carboxylic acids is 2. The summed E-state index contributed by atoms with van der Waals surface area (Å²) in [6.07, 6.45) is 7.67. The van der Waals surface area contributed by atoms with Crippen molar-refractivity contribution in [2.75, 3.05) is 26.7 Å². The number of hydrogen-bond acceptors (Lipinski definition) is 4. The smallest absolute Gasteiger partial charge is 0.323 e. The minimum atomic E-state index is -0.246. The zero-order chi connectivity index (χ0) is 16.8. The number of hydrogen-bond donors (Lipinski definition) is 0. The summed E-state index contributed by atoms with van der Waals surface area (Å²) in [7, 11) is 1.93. The van der Waals surface area contributed by atoms with Crippen molar-refractivity contribution in [3.05, 3.63) is 0 Å². The van der Waals surface area contributed by atoms with Crippen molar-refractivity contribution in [3.63, 3.8) is 0 Å². The van der Waals surface area contributed by atoms with Gasteiger partial charge in [-0.2, -0.15) is 0 Å². The van der Waals surface area contributed by atoms with E-state index in [1.165, 1.54) is 19.3 Å². The first-order valence-corrected chi connectivity index (χ1v) is 9.21. The number of esters is 1. The Morgan fingerprint density at radius 2 is 1.83 bits per heavy atom. The minimum Gasteiger partial charge on any atom is -0.465 e. The molecule has 2 rings (SSSR count). The van der Waals surface area contributed by atoms with Crippen molar-refractivity contribution in [1.82, 2.24) is 9.80 Å². The van der Waals surface area contributed by atoms with Gasteiger partial charge in [0, 0.05) is 13.1 Å². The van der Waals surface area contributed by atoms with E-state index in [4.69, 9.17) is 4.74 Å². The quantitative estimate of drug-likeness (QED) is 0.729. The van der Waals surface area contributed by atoms with E-state index in [2.05, 4.69) is 6.92 Å². The maximum atomic E-state index is 12.7. The minimum absolute atomic E-state index is 0.139. The molecule has 0 bridgehead atoms. The number of piperidine rings is 1. The Balaban J connectivity index is 1.94. The molecule has 3 unspecified atom stereocenters. The topological polar surface area (TPSA) is 49.9 Å². The lowest BCUT2D eigenvalue weighted by atomic mass is 9.85. The number of amides is 1. The van der Waals surface area contributed by atoms with Gasteiger partial charge in [-0.3, -0.25) is 14.5 Å². The molecule has 5 nitrogen and oxygen atoms in total. The van der Waals surface area contributed by atoms with Crippen LogP contribution in [0.15, 0.2) is 0 Å². The molecule has 1 aliphatic heterocycles. The van der Waals surface area contributed by atoms with Crippen LogP contribution in [0.25, 0.3) is 0 Å². The van der Waals surface area contributed by atoms with Gasteiger partial charge in [0.1, 0.15) is 6.04 Å². The zero-order valence-corrected chi connectivity index (χ0v) is 14.9. The maximum absolute atomic E-state index is 12.7. The second-order valence-electron chi connectivity index (χ2n) is 7.07. The van der Waals surface area contributed by atoms with E-state index in [1.54, 1.807) is 0 Å². The summed E-state index contributed by atoms with van der Waals surface area (Å²) < 4.78 is 5.18. The van der Waals surface area contributed by atoms with Crippen LogP contribution in [0.5, 0.6) is 0 Å². The van der Waals surface area contributed by atoms with Crippen molar-refractivity contribution in [2.45, 2.75) is 70.9 Å². The number of rotatable bonds is 5. The molecule has 1 amide bonds. The van der Waals surface area contributed by atoms with Gasteiger partial charge in [-0.05, 0) is 45.1 Å². The highest BCUT2D eigenvalue weighted by molar-refractivity contribution is 5.80. The lowest BCUT2D eigenvalue weighted by molar-refractivity contribution is -0.152. The molecule has 1 saturated carbocycles. The van der Waals surface area contributed by atoms with Crippen LogP contribution in [0, 0.1) is 5.92 Å². The Kier molecular flexibility index (Phi) is 6.88. The van der Waals surface area contributed by atoms with Gasteiger partial charge in [-0.1, -0.05) is 26.2 Å². The highest BCUT2D eigenvalue weighted by atomic mass is 16.5. The molecule has 0 aromatic heterocycles. The van der Waals surface area contributed by atoms with Gasteiger partial charge < -0.3 is 9.64 Å². The lowest BCUT2D eigenvalue weighted by Gasteiger charge is -2.39. The van der Waals surface area contributed by atoms with Crippen LogP contribution in [-0.4, -0.2) is 60.5 Å². The van der Waals surface area contributed by atoms with Crippen molar-refractivity contribution < 1.29 is 14.3 Å². The highest BCUT2D eigenvalue weighted by Gasteiger charge is 2.33. The Morgan fingerprint density at radius 1 is 1.13 bits per heavy atom. The lowest BCUT2D eigenvalue weighted by Crippen LogP contribution is -2.52. The first-order valence-electron chi connectivity index (χ1n) is 9.21. The van der Waals surface area contributed by atoms with Crippen LogP contribution in [0.2, 0.25) is 0 Å². The van der Waals surface area contributed by atoms with E-state index in [1.807, 2.05) is 23.8 Å². The summed E-state index contributed by atoms with van der Waals surface area (Å²) in [5, 5.41) is 0. The van der Waals surface area contributed by atoms with Crippen molar-refractivity contribution in [1.29, 1.82) is 0 Å². The van der Waals surface area contributed by atoms with Gasteiger partial charge in [0.05, 0.1) is 13.2 Å². The fourth-order valence-electron chi connectivity index (χ4n) is 4.03. The number of likely N-dealkylation sites (N-methyl/N-ethyl adjacent to an activating group) is 1. The fourth-order valence-corrected chi connectivity index (χ4v) is 4.03. The van der Waals surface area contributed by atoms with Crippen molar-refractivity contribution in [3.8, 4) is 0 Å². The SMILES string of the molecule is CCOC(=O)C1CCCCN1CC(=O)N(C)C1CCCCC1C. The molecule has 23 heavy (non-hydrogen) atoms. The van der Waals surface area contributed by atoms with E-state index >= 15 is 0 Å². The molecule has 0 radical (unpaired) electrons. The van der Waals surface area contributed by atoms with Crippen LogP contribution >= 0.6 is 0 Å². The van der Waals surface area contributed by atoms with E-state index in [0.29, 0.717) is 25.1 Å². The van der Waals surface area contributed by atoms with Gasteiger partial charge in [-0.15, -0.1) is 0 Å². The van der Waals surface area contributed by atoms with Gasteiger partial charge in [-0.25, -0.2) is 0 Å². The first kappa shape index (κ1) is 18.2. The Bertz CT molecular complexity index is 413. The number of nitrogens with zero attached hydrogens (tertiary/aromatic N) is 2. The molecule has 1 heterocycles. The molecule has 0 aromatic carbocycles. The third-order valence-corrected chi connectivity index (χ3v) is 5.47. The number of ether oxygens (including phenoxy) is 1. The molecule has 1 aliphatic carbocycles. The molecule has 0 N–H and O–H groups in total. The average molecular weight is 324 g/mol. The Labute approximate surface area is 140 Å². The fraction of sp³-hybridized carbons (Fsp3) is 0.889. The zero-order valence-electron chi connectivity index (χ0n) is 14.9. The Morgan fingerprint density at radius 3 is 2.52 bits per heavy atom. The molecular formula is C18H32N2O3. The normalized spacial score (nSPS) is 29.1. The summed E-state index contributed by atoms with van der Waals surface area (Å²) in [4.78, 5) is 28.8. The van der Waals surface area contributed by atoms with Gasteiger partial charge in [0.2, 0.25) is 5.91 Å². The molecular weight excluding hydrogens is 292 g/mol. The number of carbonyl (C=O) groups is 2. The molecule has 1 saturated heterocycles. The van der Waals surface area contributed by atoms with Crippen LogP contribution in [0.3, 0.4) is 0 Å². The largest absolute Gasteiger partial charge is 0.465 e. The predicted octanol–water partition coefficient (Wildman–Crippen LogP) is 2.44. The first-order chi connectivity index (χ1) is 11.0. The van der Waals surface area contributed by atoms with E-state index < -0.39 is 0 Å². The maximum Gasteiger partial charge on any atom is 0.323 e. The monoisotopic (exact) mass is 324 g/mol. The summed E-state index contributed by atoms with van der Waals surface area (Å²) in [6.45, 7) is 5.62. The second kappa shape index (κ2) is 8.67. The second-order valence-corrected chi connectivity index (χ2v) is 7.07. The molecule has 132 valence electrons. The summed E-state index contributed by atoms with van der Waals surface area (Å²) in [5.74, 6) is 0.536. The van der Waals surface area contributed by atoms with E-state index in [9.17, 15) is 9.59 Å². The molecule has 2 aliphatic rings. The molecule has 5 heteroatoms. The van der Waals surface area contributed by atoms with Gasteiger partial charge in [0.25, 0.3) is 0 Å². The summed E-state index contributed by atoms with van der Waals surface area (Å²) in [6, 6.07) is 0.104. The van der Waals surface area contributed by atoms with E-state index in [-0.39, 0.29) is 17.9 Å². The van der Waals surface area contributed by atoms with Crippen LogP contribution < -0.4 is 0 Å². The van der Waals surface area contributed by atoms with Crippen LogP contribution in [-0.2, 0) is 14.3 Å². The predicted molar refractivity (Wildman–Crippen MR) is 90.0 cm³/mol. The Hall–Kier alpha value is -1.10. The number of likely N-dealkylation sites (tertiary alicyclic amines) is 1. The third-order valence-electron chi connectivity index (χ3n) is 5.47. The van der Waals surface area contributed by atoms with Crippen molar-refractivity contribution in [2.24, 2.45) is 5.92 Å². The standard InChI is InChI=1S/C18H32N2O3/c1-4-23-18(22)16-11-7-8-12-20(16)13-17(21)19(3)15-10-6-5-9-14(15)2/h14-16H,4-13H2,1-3H3. The molecule has 0 aromatic rings. The van der Waals surface area contributed by atoms with Crippen molar-refractivity contribution >= 4 is 11.9 Å². The van der Waals surface area contributed by atoms with Crippen LogP contribution in [0.1, 0.15) is 58.8 Å². The van der Waals surface area contributed by atoms with Gasteiger partial charge in [0.15, 0.2) is 0 Å². The van der Waals surface area contributed by atoms with Crippen LogP contribution in [0.4, 0.5) is 0 Å². The average Bonchev–Trinajstić information content (AvgIpc) is 2.55. The molecule has 2 fully saturated rings. The molecule has 3 atom stereocenters. The molecule has 0 spiro atoms. The summed E-state index contributed by atoms with van der Waals surface area (Å²) >= 11 is 0. The van der Waals surface area contributed by atoms with E-state index in [0.717, 1.165) is 32.2 Å².